The van der Waals surface area contributed by atoms with Gasteiger partial charge in [-0.2, -0.15) is 0 Å². The maximum absolute atomic E-state index is 12.9. The number of hydrogen-bond acceptors (Lipinski definition) is 5. The molecule has 0 aliphatic carbocycles. The number of carboxylic acid groups (broad SMARTS) is 1. The van der Waals surface area contributed by atoms with Gasteiger partial charge in [-0.05, 0) is 47.2 Å². The first-order valence-corrected chi connectivity index (χ1v) is 9.22. The SMILES string of the molecule is CN(c1ccc(OCC(=O)[O-])cc1)S(=O)(=O)c1ccc2ccccc2c1. The summed E-state index contributed by atoms with van der Waals surface area (Å²) < 4.78 is 31.9. The molecule has 0 radical (unpaired) electrons. The van der Waals surface area contributed by atoms with Gasteiger partial charge in [0.1, 0.15) is 12.4 Å². The highest BCUT2D eigenvalue weighted by atomic mass is 32.2. The van der Waals surface area contributed by atoms with Crippen molar-refractivity contribution >= 4 is 32.5 Å². The fraction of sp³-hybridized carbons (Fsp3) is 0.105. The number of fused-ring (bicyclic) bond motifs is 1. The number of nitrogens with zero attached hydrogens (tertiary/aromatic N) is 1. The molecule has 0 fully saturated rings. The quantitative estimate of drug-likeness (QED) is 0.660. The van der Waals surface area contributed by atoms with Crippen molar-refractivity contribution in [3.63, 3.8) is 0 Å². The Morgan fingerprint density at radius 3 is 2.31 bits per heavy atom. The van der Waals surface area contributed by atoms with Gasteiger partial charge in [0.2, 0.25) is 0 Å². The van der Waals surface area contributed by atoms with E-state index >= 15 is 0 Å². The Kier molecular flexibility index (Phi) is 4.81. The highest BCUT2D eigenvalue weighted by molar-refractivity contribution is 7.92. The smallest absolute Gasteiger partial charge is 0.264 e. The van der Waals surface area contributed by atoms with Gasteiger partial charge in [0.15, 0.2) is 0 Å². The normalized spacial score (nSPS) is 11.3. The molecule has 0 saturated carbocycles. The molecule has 0 N–H and O–H groups in total. The number of carbonyl (C=O) groups excluding carboxylic acids is 1. The van der Waals surface area contributed by atoms with E-state index in [-0.39, 0.29) is 4.90 Å². The fourth-order valence-electron chi connectivity index (χ4n) is 2.52. The Morgan fingerprint density at radius 2 is 1.65 bits per heavy atom. The van der Waals surface area contributed by atoms with Crippen LogP contribution in [0.15, 0.2) is 71.6 Å². The van der Waals surface area contributed by atoms with Crippen LogP contribution in [-0.2, 0) is 14.8 Å². The number of anilines is 1. The predicted molar refractivity (Wildman–Crippen MR) is 96.5 cm³/mol. The van der Waals surface area contributed by atoms with E-state index in [2.05, 4.69) is 0 Å². The van der Waals surface area contributed by atoms with E-state index in [0.29, 0.717) is 11.4 Å². The molecule has 0 bridgehead atoms. The summed E-state index contributed by atoms with van der Waals surface area (Å²) in [4.78, 5) is 10.6. The van der Waals surface area contributed by atoms with Crippen LogP contribution in [0.3, 0.4) is 0 Å². The minimum Gasteiger partial charge on any atom is -0.546 e. The van der Waals surface area contributed by atoms with E-state index in [1.165, 1.54) is 23.5 Å². The van der Waals surface area contributed by atoms with Crippen molar-refractivity contribution in [2.45, 2.75) is 4.90 Å². The molecule has 0 unspecified atom stereocenters. The van der Waals surface area contributed by atoms with Crippen molar-refractivity contribution in [2.75, 3.05) is 18.0 Å². The molecule has 7 heteroatoms. The predicted octanol–water partition coefficient (Wildman–Crippen LogP) is 1.79. The van der Waals surface area contributed by atoms with Crippen LogP contribution in [0, 0.1) is 0 Å². The third-order valence-electron chi connectivity index (χ3n) is 3.94. The van der Waals surface area contributed by atoms with Gasteiger partial charge in [-0.3, -0.25) is 4.31 Å². The van der Waals surface area contributed by atoms with Crippen molar-refractivity contribution in [3.8, 4) is 5.75 Å². The summed E-state index contributed by atoms with van der Waals surface area (Å²) in [7, 11) is -2.27. The molecule has 0 aromatic heterocycles. The van der Waals surface area contributed by atoms with Crippen LogP contribution in [0.2, 0.25) is 0 Å². The largest absolute Gasteiger partial charge is 0.546 e. The van der Waals surface area contributed by atoms with Crippen LogP contribution < -0.4 is 14.1 Å². The third-order valence-corrected chi connectivity index (χ3v) is 5.72. The first-order chi connectivity index (χ1) is 12.4. The van der Waals surface area contributed by atoms with Gasteiger partial charge >= 0.3 is 0 Å². The van der Waals surface area contributed by atoms with Crippen LogP contribution in [0.5, 0.6) is 5.75 Å². The monoisotopic (exact) mass is 370 g/mol. The van der Waals surface area contributed by atoms with Crippen LogP contribution >= 0.6 is 0 Å². The molecule has 6 nitrogen and oxygen atoms in total. The average Bonchev–Trinajstić information content (AvgIpc) is 2.65. The van der Waals surface area contributed by atoms with Gasteiger partial charge in [0.05, 0.1) is 16.6 Å². The number of carbonyl (C=O) groups is 1. The van der Waals surface area contributed by atoms with Crippen LogP contribution in [0.25, 0.3) is 10.8 Å². The summed E-state index contributed by atoms with van der Waals surface area (Å²) in [5.74, 6) is -1.01. The third kappa shape index (κ3) is 3.62. The molecule has 3 aromatic rings. The maximum atomic E-state index is 12.9. The van der Waals surface area contributed by atoms with E-state index in [1.54, 1.807) is 30.3 Å². The van der Waals surface area contributed by atoms with Gasteiger partial charge in [0, 0.05) is 7.05 Å². The Labute approximate surface area is 151 Å². The van der Waals surface area contributed by atoms with Gasteiger partial charge in [0.25, 0.3) is 10.0 Å². The summed E-state index contributed by atoms with van der Waals surface area (Å²) in [6, 6.07) is 18.6. The molecule has 0 heterocycles. The second kappa shape index (κ2) is 7.05. The number of aliphatic carboxylic acids is 1. The minimum absolute atomic E-state index is 0.191. The first-order valence-electron chi connectivity index (χ1n) is 7.78. The Bertz CT molecular complexity index is 1040. The number of sulfonamides is 1. The van der Waals surface area contributed by atoms with E-state index in [4.69, 9.17) is 4.74 Å². The first kappa shape index (κ1) is 17.8. The highest BCUT2D eigenvalue weighted by Crippen LogP contribution is 2.26. The topological polar surface area (TPSA) is 86.7 Å². The van der Waals surface area contributed by atoms with Crippen molar-refractivity contribution in [3.05, 3.63) is 66.7 Å². The van der Waals surface area contributed by atoms with Crippen molar-refractivity contribution in [2.24, 2.45) is 0 Å². The van der Waals surface area contributed by atoms with Crippen molar-refractivity contribution in [1.82, 2.24) is 0 Å². The number of hydrogen-bond donors (Lipinski definition) is 0. The molecule has 3 aromatic carbocycles. The zero-order chi connectivity index (χ0) is 18.7. The lowest BCUT2D eigenvalue weighted by Crippen LogP contribution is -2.29. The van der Waals surface area contributed by atoms with Gasteiger partial charge in [-0.15, -0.1) is 0 Å². The average molecular weight is 370 g/mol. The van der Waals surface area contributed by atoms with Gasteiger partial charge in [-0.1, -0.05) is 30.3 Å². The molecule has 0 saturated heterocycles. The summed E-state index contributed by atoms with van der Waals surface area (Å²) in [5.41, 5.74) is 0.430. The standard InChI is InChI=1S/C19H17NO5S/c1-20(16-7-9-17(10-8-16)25-13-19(21)22)26(23,24)18-11-6-14-4-2-3-5-15(14)12-18/h2-12H,13H2,1H3,(H,21,22)/p-1. The molecular formula is C19H16NO5S-. The summed E-state index contributed by atoms with van der Waals surface area (Å²) in [6.07, 6.45) is 0. The molecule has 0 atom stereocenters. The van der Waals surface area contributed by atoms with Crippen LogP contribution in [0.1, 0.15) is 0 Å². The van der Waals surface area contributed by atoms with Gasteiger partial charge < -0.3 is 14.6 Å². The summed E-state index contributed by atoms with van der Waals surface area (Å²) in [6.45, 7) is -0.565. The Balaban J connectivity index is 1.86. The maximum Gasteiger partial charge on any atom is 0.264 e. The molecule has 134 valence electrons. The molecule has 0 aliphatic heterocycles. The fourth-order valence-corrected chi connectivity index (χ4v) is 3.75. The lowest BCUT2D eigenvalue weighted by atomic mass is 10.1. The van der Waals surface area contributed by atoms with Gasteiger partial charge in [-0.25, -0.2) is 8.42 Å². The Hall–Kier alpha value is -3.06. The molecule has 0 aliphatic rings. The van der Waals surface area contributed by atoms with E-state index in [1.807, 2.05) is 24.3 Å². The summed E-state index contributed by atoms with van der Waals surface area (Å²) >= 11 is 0. The number of carboxylic acids is 1. The van der Waals surface area contributed by atoms with E-state index in [9.17, 15) is 18.3 Å². The van der Waals surface area contributed by atoms with Crippen LogP contribution in [0.4, 0.5) is 5.69 Å². The minimum atomic E-state index is -3.73. The molecular weight excluding hydrogens is 354 g/mol. The lowest BCUT2D eigenvalue weighted by molar-refractivity contribution is -0.307. The number of ether oxygens (including phenoxy) is 1. The second-order valence-corrected chi connectivity index (χ2v) is 7.61. The molecule has 26 heavy (non-hydrogen) atoms. The summed E-state index contributed by atoms with van der Waals surface area (Å²) in [5, 5.41) is 12.2. The zero-order valence-electron chi connectivity index (χ0n) is 14.0. The number of benzene rings is 3. The highest BCUT2D eigenvalue weighted by Gasteiger charge is 2.21. The molecule has 0 amide bonds. The van der Waals surface area contributed by atoms with Crippen LogP contribution in [-0.4, -0.2) is 28.0 Å². The van der Waals surface area contributed by atoms with Crippen molar-refractivity contribution < 1.29 is 23.1 Å². The lowest BCUT2D eigenvalue weighted by Gasteiger charge is -2.20. The van der Waals surface area contributed by atoms with E-state index in [0.717, 1.165) is 10.8 Å². The number of rotatable bonds is 6. The van der Waals surface area contributed by atoms with E-state index < -0.39 is 22.6 Å². The molecule has 3 rings (SSSR count). The zero-order valence-corrected chi connectivity index (χ0v) is 14.8. The molecule has 0 spiro atoms. The second-order valence-electron chi connectivity index (χ2n) is 5.64. The Morgan fingerprint density at radius 1 is 1.00 bits per heavy atom. The van der Waals surface area contributed by atoms with Crippen molar-refractivity contribution in [1.29, 1.82) is 0 Å².